The standard InChI is InChI=1S/C27H38NO3P/c29-32(28-18-19-4-2-1-3-5-19,30-26-12-20-6-21(13-26)8-22(7-20)14-26)31-27-15-23-9-24(16-27)11-25(10-23)17-27/h1-5,20-25H,6-18H2,(H,28,29). The number of benzene rings is 1. The first-order chi connectivity index (χ1) is 15.5. The number of hydrogen-bond donors (Lipinski definition) is 1. The Morgan fingerprint density at radius 2 is 1.06 bits per heavy atom. The van der Waals surface area contributed by atoms with Crippen molar-refractivity contribution in [1.29, 1.82) is 0 Å². The second-order valence-corrected chi connectivity index (χ2v) is 14.4. The molecular formula is C27H38NO3P. The molecule has 32 heavy (non-hydrogen) atoms. The summed E-state index contributed by atoms with van der Waals surface area (Å²) in [5, 5.41) is 3.37. The van der Waals surface area contributed by atoms with Gasteiger partial charge >= 0.3 is 7.75 Å². The third-order valence-electron chi connectivity index (χ3n) is 9.91. The zero-order valence-corrected chi connectivity index (χ0v) is 20.1. The fourth-order valence-corrected chi connectivity index (χ4v) is 11.7. The lowest BCUT2D eigenvalue weighted by Gasteiger charge is -2.58. The van der Waals surface area contributed by atoms with Gasteiger partial charge in [-0.3, -0.25) is 9.05 Å². The van der Waals surface area contributed by atoms with Crippen LogP contribution in [0.4, 0.5) is 0 Å². The molecule has 0 aromatic heterocycles. The molecule has 0 heterocycles. The van der Waals surface area contributed by atoms with Gasteiger partial charge in [0.25, 0.3) is 0 Å². The Bertz CT molecular complexity index is 794. The first kappa shape index (κ1) is 20.7. The Kier molecular flexibility index (Phi) is 4.79. The van der Waals surface area contributed by atoms with Gasteiger partial charge in [-0.2, -0.15) is 0 Å². The molecule has 174 valence electrons. The highest BCUT2D eigenvalue weighted by molar-refractivity contribution is 7.51. The highest BCUT2D eigenvalue weighted by atomic mass is 31.2. The average molecular weight is 456 g/mol. The lowest BCUT2D eigenvalue weighted by Crippen LogP contribution is -2.54. The van der Waals surface area contributed by atoms with Crippen molar-refractivity contribution in [2.45, 2.75) is 94.8 Å². The maximum absolute atomic E-state index is 14.6. The molecule has 8 aliphatic rings. The fraction of sp³-hybridized carbons (Fsp3) is 0.778. The van der Waals surface area contributed by atoms with Crippen molar-refractivity contribution >= 4 is 7.75 Å². The van der Waals surface area contributed by atoms with Crippen LogP contribution in [-0.2, 0) is 20.2 Å². The molecule has 0 amide bonds. The normalized spacial score (nSPS) is 47.6. The molecule has 0 unspecified atom stereocenters. The summed E-state index contributed by atoms with van der Waals surface area (Å²) in [5.41, 5.74) is 0.683. The highest BCUT2D eigenvalue weighted by Crippen LogP contribution is 2.66. The van der Waals surface area contributed by atoms with E-state index in [1.165, 1.54) is 38.5 Å². The van der Waals surface area contributed by atoms with Gasteiger partial charge in [0.15, 0.2) is 0 Å². The van der Waals surface area contributed by atoms with Gasteiger partial charge in [0.1, 0.15) is 0 Å². The second-order valence-electron chi connectivity index (χ2n) is 12.7. The van der Waals surface area contributed by atoms with Gasteiger partial charge in [-0.1, -0.05) is 30.3 Å². The first-order valence-corrected chi connectivity index (χ1v) is 14.8. The van der Waals surface area contributed by atoms with E-state index in [1.54, 1.807) is 0 Å². The Balaban J connectivity index is 1.16. The van der Waals surface area contributed by atoms with Crippen LogP contribution in [0.15, 0.2) is 30.3 Å². The quantitative estimate of drug-likeness (QED) is 0.457. The Morgan fingerprint density at radius 3 is 1.44 bits per heavy atom. The maximum atomic E-state index is 14.6. The van der Waals surface area contributed by atoms with Crippen molar-refractivity contribution in [1.82, 2.24) is 5.09 Å². The van der Waals surface area contributed by atoms with Crippen molar-refractivity contribution in [2.75, 3.05) is 0 Å². The zero-order chi connectivity index (χ0) is 21.4. The third-order valence-corrected chi connectivity index (χ3v) is 11.7. The van der Waals surface area contributed by atoms with Crippen LogP contribution in [0.25, 0.3) is 0 Å². The molecule has 8 aliphatic carbocycles. The van der Waals surface area contributed by atoms with Crippen molar-refractivity contribution < 1.29 is 13.6 Å². The average Bonchev–Trinajstić information content (AvgIpc) is 2.70. The largest absolute Gasteiger partial charge is 0.406 e. The van der Waals surface area contributed by atoms with Crippen LogP contribution >= 0.6 is 7.75 Å². The SMILES string of the molecule is O=P(NCc1ccccc1)(OC12CC3CC(CC(C3)C1)C2)OC12CC3CC(CC(C3)C1)C2. The lowest BCUT2D eigenvalue weighted by molar-refractivity contribution is -0.142. The highest BCUT2D eigenvalue weighted by Gasteiger charge is 2.58. The maximum Gasteiger partial charge on any atom is 0.406 e. The Morgan fingerprint density at radius 1 is 0.688 bits per heavy atom. The summed E-state index contributed by atoms with van der Waals surface area (Å²) in [4.78, 5) is 0. The number of nitrogens with one attached hydrogen (secondary N) is 1. The van der Waals surface area contributed by atoms with E-state index in [4.69, 9.17) is 9.05 Å². The summed E-state index contributed by atoms with van der Waals surface area (Å²) in [7, 11) is -3.43. The van der Waals surface area contributed by atoms with Crippen LogP contribution in [0.1, 0.15) is 82.6 Å². The topological polar surface area (TPSA) is 47.6 Å². The van der Waals surface area contributed by atoms with E-state index >= 15 is 0 Å². The van der Waals surface area contributed by atoms with Crippen LogP contribution in [0, 0.1) is 35.5 Å². The van der Waals surface area contributed by atoms with E-state index in [9.17, 15) is 4.57 Å². The molecule has 4 nitrogen and oxygen atoms in total. The van der Waals surface area contributed by atoms with Gasteiger partial charge in [-0.25, -0.2) is 9.65 Å². The minimum absolute atomic E-state index is 0.226. The Labute approximate surface area is 192 Å². The minimum atomic E-state index is -3.43. The van der Waals surface area contributed by atoms with Crippen LogP contribution < -0.4 is 5.09 Å². The van der Waals surface area contributed by atoms with Crippen LogP contribution in [0.3, 0.4) is 0 Å². The summed E-state index contributed by atoms with van der Waals surface area (Å²) in [6.45, 7) is 0.539. The molecule has 1 aromatic carbocycles. The molecule has 0 saturated heterocycles. The molecule has 0 spiro atoms. The van der Waals surface area contributed by atoms with E-state index in [1.807, 2.05) is 18.2 Å². The predicted molar refractivity (Wildman–Crippen MR) is 125 cm³/mol. The molecule has 0 radical (unpaired) electrons. The summed E-state index contributed by atoms with van der Waals surface area (Å²) < 4.78 is 28.2. The van der Waals surface area contributed by atoms with Gasteiger partial charge in [-0.15, -0.1) is 0 Å². The molecule has 9 rings (SSSR count). The summed E-state index contributed by atoms with van der Waals surface area (Å²) >= 11 is 0. The predicted octanol–water partition coefficient (Wildman–Crippen LogP) is 6.86. The first-order valence-electron chi connectivity index (χ1n) is 13.3. The molecule has 0 aliphatic heterocycles. The molecule has 8 bridgehead atoms. The monoisotopic (exact) mass is 455 g/mol. The van der Waals surface area contributed by atoms with Gasteiger partial charge < -0.3 is 0 Å². The molecule has 8 saturated carbocycles. The molecule has 0 atom stereocenters. The van der Waals surface area contributed by atoms with Gasteiger partial charge in [-0.05, 0) is 118 Å². The summed E-state index contributed by atoms with van der Waals surface area (Å²) in [6.07, 6.45) is 14.7. The third kappa shape index (κ3) is 3.74. The molecular weight excluding hydrogens is 417 g/mol. The zero-order valence-electron chi connectivity index (χ0n) is 19.2. The van der Waals surface area contributed by atoms with Crippen LogP contribution in [-0.4, -0.2) is 11.2 Å². The molecule has 1 N–H and O–H groups in total. The molecule has 1 aromatic rings. The second kappa shape index (κ2) is 7.41. The van der Waals surface area contributed by atoms with Crippen molar-refractivity contribution in [3.63, 3.8) is 0 Å². The van der Waals surface area contributed by atoms with Gasteiger partial charge in [0.2, 0.25) is 0 Å². The number of hydrogen-bond acceptors (Lipinski definition) is 3. The van der Waals surface area contributed by atoms with E-state index in [0.29, 0.717) is 6.54 Å². The van der Waals surface area contributed by atoms with Crippen molar-refractivity contribution in [2.24, 2.45) is 35.5 Å². The summed E-state index contributed by atoms with van der Waals surface area (Å²) in [6, 6.07) is 10.3. The van der Waals surface area contributed by atoms with E-state index in [0.717, 1.165) is 79.6 Å². The van der Waals surface area contributed by atoms with Crippen molar-refractivity contribution in [3.8, 4) is 0 Å². The van der Waals surface area contributed by atoms with Crippen LogP contribution in [0.5, 0.6) is 0 Å². The lowest BCUT2D eigenvalue weighted by atomic mass is 9.54. The fourth-order valence-electron chi connectivity index (χ4n) is 9.66. The van der Waals surface area contributed by atoms with Gasteiger partial charge in [0.05, 0.1) is 11.2 Å². The smallest absolute Gasteiger partial charge is 0.290 e. The number of rotatable bonds is 7. The van der Waals surface area contributed by atoms with E-state index in [-0.39, 0.29) is 11.2 Å². The summed E-state index contributed by atoms with van der Waals surface area (Å²) in [5.74, 6) is 4.60. The Hall–Kier alpha value is -0.670. The van der Waals surface area contributed by atoms with Gasteiger partial charge in [0, 0.05) is 6.54 Å². The molecule has 8 fully saturated rings. The van der Waals surface area contributed by atoms with Crippen LogP contribution in [0.2, 0.25) is 0 Å². The molecule has 5 heteroatoms. The van der Waals surface area contributed by atoms with E-state index in [2.05, 4.69) is 17.2 Å². The van der Waals surface area contributed by atoms with Crippen molar-refractivity contribution in [3.05, 3.63) is 35.9 Å². The minimum Gasteiger partial charge on any atom is -0.290 e. The van der Waals surface area contributed by atoms with E-state index < -0.39 is 7.75 Å².